The van der Waals surface area contributed by atoms with Gasteiger partial charge < -0.3 is 5.32 Å². The van der Waals surface area contributed by atoms with Gasteiger partial charge in [-0.2, -0.15) is 0 Å². The molecular formula is C24H23N3O2S3. The quantitative estimate of drug-likeness (QED) is 0.243. The maximum Gasteiger partial charge on any atom is 0.266 e. The summed E-state index contributed by atoms with van der Waals surface area (Å²) >= 11 is 8.24. The molecule has 2 aromatic carbocycles. The Labute approximate surface area is 200 Å². The fraction of sp³-hybridized carbons (Fsp3) is 0.250. The van der Waals surface area contributed by atoms with Crippen LogP contribution in [0.2, 0.25) is 0 Å². The molecule has 1 N–H and O–H groups in total. The number of para-hydroxylation sites is 1. The molecule has 2 amide bonds. The van der Waals surface area contributed by atoms with Crippen molar-refractivity contribution in [1.29, 1.82) is 0 Å². The Bertz CT molecular complexity index is 1150. The number of rotatable bonds is 8. The summed E-state index contributed by atoms with van der Waals surface area (Å²) in [7, 11) is 0. The second-order valence-electron chi connectivity index (χ2n) is 7.59. The Morgan fingerprint density at radius 3 is 2.69 bits per heavy atom. The van der Waals surface area contributed by atoms with E-state index in [2.05, 4.69) is 10.3 Å². The normalized spacial score (nSPS) is 15.2. The largest absolute Gasteiger partial charge is 0.302 e. The predicted octanol–water partition coefficient (Wildman–Crippen LogP) is 6.01. The number of thiazole rings is 1. The molecule has 0 spiro atoms. The van der Waals surface area contributed by atoms with Gasteiger partial charge in [-0.25, -0.2) is 4.98 Å². The number of unbranched alkanes of at least 4 members (excludes halogenated alkanes) is 2. The molecule has 164 valence electrons. The first-order chi connectivity index (χ1) is 15.5. The summed E-state index contributed by atoms with van der Waals surface area (Å²) in [5.74, 6) is -0.0650. The van der Waals surface area contributed by atoms with Crippen molar-refractivity contribution in [2.45, 2.75) is 32.6 Å². The number of aromatic nitrogens is 1. The van der Waals surface area contributed by atoms with Gasteiger partial charge in [0.1, 0.15) is 4.32 Å². The van der Waals surface area contributed by atoms with Crippen LogP contribution in [0.4, 0.5) is 5.13 Å². The Kier molecular flexibility index (Phi) is 7.34. The highest BCUT2D eigenvalue weighted by atomic mass is 32.2. The zero-order chi connectivity index (χ0) is 22.5. The average Bonchev–Trinajstić information content (AvgIpc) is 3.29. The topological polar surface area (TPSA) is 62.3 Å². The molecule has 5 nitrogen and oxygen atoms in total. The lowest BCUT2D eigenvalue weighted by Gasteiger charge is -2.14. The first-order valence-corrected chi connectivity index (χ1v) is 12.5. The van der Waals surface area contributed by atoms with Crippen LogP contribution in [0.25, 0.3) is 16.3 Å². The smallest absolute Gasteiger partial charge is 0.266 e. The van der Waals surface area contributed by atoms with Crippen LogP contribution in [-0.2, 0) is 9.59 Å². The number of carbonyl (C=O) groups is 2. The lowest BCUT2D eigenvalue weighted by molar-refractivity contribution is -0.122. The Hall–Kier alpha value is -2.55. The van der Waals surface area contributed by atoms with Crippen molar-refractivity contribution < 1.29 is 9.59 Å². The summed E-state index contributed by atoms with van der Waals surface area (Å²) in [5.41, 5.74) is 3.08. The summed E-state index contributed by atoms with van der Waals surface area (Å²) < 4.78 is 1.66. The molecule has 32 heavy (non-hydrogen) atoms. The number of thioether (sulfide) groups is 1. The van der Waals surface area contributed by atoms with Crippen LogP contribution in [0.1, 0.15) is 36.8 Å². The van der Waals surface area contributed by atoms with E-state index in [0.717, 1.165) is 35.0 Å². The number of carbonyl (C=O) groups excluding carboxylic acids is 2. The van der Waals surface area contributed by atoms with E-state index in [9.17, 15) is 9.59 Å². The minimum atomic E-state index is -0.0332. The van der Waals surface area contributed by atoms with E-state index in [0.29, 0.717) is 27.3 Å². The molecule has 1 aromatic heterocycles. The van der Waals surface area contributed by atoms with Crippen LogP contribution in [-0.4, -0.2) is 32.6 Å². The molecule has 1 fully saturated rings. The molecule has 4 rings (SSSR count). The molecule has 1 aliphatic rings. The van der Waals surface area contributed by atoms with Crippen molar-refractivity contribution in [3.8, 4) is 0 Å². The number of thiocarbonyl (C=S) groups is 1. The van der Waals surface area contributed by atoms with Crippen LogP contribution in [0.3, 0.4) is 0 Å². The Morgan fingerprint density at radius 2 is 1.91 bits per heavy atom. The van der Waals surface area contributed by atoms with Gasteiger partial charge in [0, 0.05) is 13.0 Å². The van der Waals surface area contributed by atoms with Gasteiger partial charge in [0.05, 0.1) is 15.1 Å². The number of hydrogen-bond acceptors (Lipinski definition) is 6. The van der Waals surface area contributed by atoms with Crippen molar-refractivity contribution >= 4 is 72.9 Å². The van der Waals surface area contributed by atoms with E-state index in [4.69, 9.17) is 12.2 Å². The number of nitrogens with zero attached hydrogens (tertiary/aromatic N) is 2. The van der Waals surface area contributed by atoms with E-state index in [-0.39, 0.29) is 11.8 Å². The summed E-state index contributed by atoms with van der Waals surface area (Å²) in [6.07, 6.45) is 4.73. The number of amides is 2. The number of anilines is 1. The van der Waals surface area contributed by atoms with Crippen molar-refractivity contribution in [3.63, 3.8) is 0 Å². The Balaban J connectivity index is 1.20. The van der Waals surface area contributed by atoms with Gasteiger partial charge in [-0.1, -0.05) is 83.7 Å². The van der Waals surface area contributed by atoms with Crippen molar-refractivity contribution in [3.05, 3.63) is 64.6 Å². The number of hydrogen-bond donors (Lipinski definition) is 1. The zero-order valence-electron chi connectivity index (χ0n) is 17.7. The standard InChI is InChI=1S/C24H23N3O2S3/c1-16-10-12-17(13-11-16)15-20-22(29)27(24(30)32-20)14-6-2-3-9-21(28)26-23-25-18-7-4-5-8-19(18)31-23/h4-5,7-8,10-13,15H,2-3,6,9,14H2,1H3,(H,25,26,28). The molecule has 0 aliphatic carbocycles. The number of fused-ring (bicyclic) bond motifs is 1. The molecule has 1 aliphatic heterocycles. The van der Waals surface area contributed by atoms with Gasteiger partial charge in [0.25, 0.3) is 5.91 Å². The van der Waals surface area contributed by atoms with Crippen molar-refractivity contribution in [2.24, 2.45) is 0 Å². The summed E-state index contributed by atoms with van der Waals surface area (Å²) in [4.78, 5) is 31.7. The first-order valence-electron chi connectivity index (χ1n) is 10.5. The van der Waals surface area contributed by atoms with Gasteiger partial charge >= 0.3 is 0 Å². The molecule has 0 bridgehead atoms. The molecule has 2 heterocycles. The second-order valence-corrected chi connectivity index (χ2v) is 10.3. The third-order valence-corrected chi connectivity index (χ3v) is 7.40. The SMILES string of the molecule is Cc1ccc(C=C2SC(=S)N(CCCCCC(=O)Nc3nc4ccccc4s3)C2=O)cc1. The van der Waals surface area contributed by atoms with Gasteiger partial charge in [0.15, 0.2) is 5.13 Å². The summed E-state index contributed by atoms with van der Waals surface area (Å²) in [6, 6.07) is 15.9. The summed E-state index contributed by atoms with van der Waals surface area (Å²) in [5, 5.41) is 3.52. The van der Waals surface area contributed by atoms with Gasteiger partial charge in [-0.15, -0.1) is 0 Å². The molecule has 0 saturated carbocycles. The van der Waals surface area contributed by atoms with Gasteiger partial charge in [0.2, 0.25) is 5.91 Å². The van der Waals surface area contributed by atoms with E-state index in [1.165, 1.54) is 28.7 Å². The van der Waals surface area contributed by atoms with E-state index < -0.39 is 0 Å². The highest BCUT2D eigenvalue weighted by molar-refractivity contribution is 8.26. The Morgan fingerprint density at radius 1 is 1.12 bits per heavy atom. The minimum absolute atomic E-state index is 0.0318. The average molecular weight is 482 g/mol. The molecular weight excluding hydrogens is 458 g/mol. The molecule has 0 atom stereocenters. The molecule has 8 heteroatoms. The van der Waals surface area contributed by atoms with Crippen LogP contribution in [0.5, 0.6) is 0 Å². The lowest BCUT2D eigenvalue weighted by atomic mass is 10.1. The van der Waals surface area contributed by atoms with E-state index in [1.807, 2.05) is 61.5 Å². The van der Waals surface area contributed by atoms with Crippen LogP contribution >= 0.6 is 35.3 Å². The fourth-order valence-corrected chi connectivity index (χ4v) is 5.54. The molecule has 0 unspecified atom stereocenters. The van der Waals surface area contributed by atoms with E-state index >= 15 is 0 Å². The van der Waals surface area contributed by atoms with Crippen molar-refractivity contribution in [1.82, 2.24) is 9.88 Å². The number of benzene rings is 2. The van der Waals surface area contributed by atoms with Crippen molar-refractivity contribution in [2.75, 3.05) is 11.9 Å². The predicted molar refractivity (Wildman–Crippen MR) is 138 cm³/mol. The lowest BCUT2D eigenvalue weighted by Crippen LogP contribution is -2.29. The number of aryl methyl sites for hydroxylation is 1. The van der Waals surface area contributed by atoms with Crippen LogP contribution in [0, 0.1) is 6.92 Å². The maximum absolute atomic E-state index is 12.7. The highest BCUT2D eigenvalue weighted by Gasteiger charge is 2.31. The molecule has 0 radical (unpaired) electrons. The van der Waals surface area contributed by atoms with Crippen LogP contribution < -0.4 is 5.32 Å². The van der Waals surface area contributed by atoms with E-state index in [1.54, 1.807) is 4.90 Å². The van der Waals surface area contributed by atoms with Crippen LogP contribution in [0.15, 0.2) is 53.4 Å². The first kappa shape index (κ1) is 22.6. The molecule has 3 aromatic rings. The second kappa shape index (κ2) is 10.4. The monoisotopic (exact) mass is 481 g/mol. The third kappa shape index (κ3) is 5.62. The zero-order valence-corrected chi connectivity index (χ0v) is 20.1. The fourth-order valence-electron chi connectivity index (χ4n) is 3.35. The molecule has 1 saturated heterocycles. The number of nitrogens with one attached hydrogen (secondary N) is 1. The maximum atomic E-state index is 12.7. The minimum Gasteiger partial charge on any atom is -0.302 e. The highest BCUT2D eigenvalue weighted by Crippen LogP contribution is 2.33. The summed E-state index contributed by atoms with van der Waals surface area (Å²) in [6.45, 7) is 2.61. The van der Waals surface area contributed by atoms with Gasteiger partial charge in [-0.3, -0.25) is 14.5 Å². The third-order valence-electron chi connectivity index (χ3n) is 5.07. The van der Waals surface area contributed by atoms with Gasteiger partial charge in [-0.05, 0) is 43.5 Å².